The lowest BCUT2D eigenvalue weighted by atomic mass is 9.82. The van der Waals surface area contributed by atoms with Crippen molar-refractivity contribution in [1.29, 1.82) is 0 Å². The third-order valence-corrected chi connectivity index (χ3v) is 8.38. The number of amides is 1. The first kappa shape index (κ1) is 23.5. The van der Waals surface area contributed by atoms with Crippen LogP contribution >= 0.6 is 11.3 Å². The molecule has 1 amide bonds. The van der Waals surface area contributed by atoms with E-state index in [9.17, 15) is 14.7 Å². The van der Waals surface area contributed by atoms with Gasteiger partial charge in [0.05, 0.1) is 32.4 Å². The third-order valence-electron chi connectivity index (χ3n) is 7.22. The molecule has 1 aliphatic heterocycles. The average molecular weight is 467 g/mol. The Bertz CT molecular complexity index is 1040. The Morgan fingerprint density at radius 2 is 1.73 bits per heavy atom. The standard InChI is InChI=1S/C26H31N3O3S/c1-17-4-6-19(7-5-17)25(30)29(21-12-14-28(3)15-13-21)22-16-23(33-24(22)26(31)32)18-8-10-20(27-2)11-9-18/h8-11,16-17,19,21H,4-7,12-15H2,1,3H3,(H,31,32)/p+1. The lowest BCUT2D eigenvalue weighted by Crippen LogP contribution is -3.10. The van der Waals surface area contributed by atoms with E-state index < -0.39 is 5.97 Å². The summed E-state index contributed by atoms with van der Waals surface area (Å²) in [7, 11) is 2.17. The Balaban J connectivity index is 1.73. The number of likely N-dealkylation sites (tertiary alicyclic amines) is 1. The van der Waals surface area contributed by atoms with Gasteiger partial charge >= 0.3 is 5.97 Å². The van der Waals surface area contributed by atoms with E-state index in [0.717, 1.165) is 62.1 Å². The van der Waals surface area contributed by atoms with Crippen molar-refractivity contribution in [2.24, 2.45) is 11.8 Å². The Labute approximate surface area is 199 Å². The highest BCUT2D eigenvalue weighted by Gasteiger charge is 2.37. The van der Waals surface area contributed by atoms with E-state index in [0.29, 0.717) is 17.3 Å². The number of quaternary nitrogens is 1. The summed E-state index contributed by atoms with van der Waals surface area (Å²) in [5, 5.41) is 10.1. The highest BCUT2D eigenvalue weighted by molar-refractivity contribution is 7.18. The monoisotopic (exact) mass is 466 g/mol. The smallest absolute Gasteiger partial charge is 0.348 e. The zero-order valence-corrected chi connectivity index (χ0v) is 20.2. The number of carboxylic acids is 1. The Hall–Kier alpha value is -2.69. The largest absolute Gasteiger partial charge is 0.477 e. The molecule has 1 aliphatic carbocycles. The summed E-state index contributed by atoms with van der Waals surface area (Å²) in [6.07, 6.45) is 5.62. The molecule has 0 bridgehead atoms. The first-order valence-electron chi connectivity index (χ1n) is 11.9. The van der Waals surface area contributed by atoms with Crippen molar-refractivity contribution in [1.82, 2.24) is 0 Å². The molecule has 1 saturated heterocycles. The zero-order valence-electron chi connectivity index (χ0n) is 19.3. The van der Waals surface area contributed by atoms with E-state index >= 15 is 0 Å². The molecule has 2 N–H and O–H groups in total. The van der Waals surface area contributed by atoms with Crippen LogP contribution in [0.25, 0.3) is 15.3 Å². The van der Waals surface area contributed by atoms with E-state index in [4.69, 9.17) is 6.57 Å². The van der Waals surface area contributed by atoms with Gasteiger partial charge in [0.1, 0.15) is 4.88 Å². The van der Waals surface area contributed by atoms with Crippen LogP contribution in [0.2, 0.25) is 0 Å². The molecule has 2 aromatic rings. The van der Waals surface area contributed by atoms with Gasteiger partial charge in [0.25, 0.3) is 0 Å². The number of anilines is 1. The van der Waals surface area contributed by atoms with Crippen molar-refractivity contribution in [3.63, 3.8) is 0 Å². The predicted octanol–water partition coefficient (Wildman–Crippen LogP) is 4.50. The first-order valence-corrected chi connectivity index (χ1v) is 12.7. The minimum atomic E-state index is -0.993. The van der Waals surface area contributed by atoms with Gasteiger partial charge in [-0.1, -0.05) is 31.2 Å². The van der Waals surface area contributed by atoms with Crippen LogP contribution in [0.4, 0.5) is 11.4 Å². The average Bonchev–Trinajstić information content (AvgIpc) is 3.26. The van der Waals surface area contributed by atoms with Crippen molar-refractivity contribution >= 4 is 34.6 Å². The van der Waals surface area contributed by atoms with Crippen molar-refractivity contribution in [3.05, 3.63) is 46.6 Å². The fourth-order valence-corrected chi connectivity index (χ4v) is 6.10. The summed E-state index contributed by atoms with van der Waals surface area (Å²) in [5.41, 5.74) is 1.96. The number of hydrogen-bond donors (Lipinski definition) is 2. The molecule has 2 aliphatic rings. The number of hydrogen-bond acceptors (Lipinski definition) is 3. The maximum atomic E-state index is 13.9. The van der Waals surface area contributed by atoms with Gasteiger partial charge in [0.15, 0.2) is 5.69 Å². The number of rotatable bonds is 5. The van der Waals surface area contributed by atoms with Crippen LogP contribution in [0, 0.1) is 18.4 Å². The van der Waals surface area contributed by atoms with E-state index in [1.807, 2.05) is 23.1 Å². The van der Waals surface area contributed by atoms with Crippen LogP contribution in [0.3, 0.4) is 0 Å². The van der Waals surface area contributed by atoms with Crippen molar-refractivity contribution in [2.75, 3.05) is 25.0 Å². The second-order valence-corrected chi connectivity index (χ2v) is 10.7. The molecule has 6 nitrogen and oxygen atoms in total. The number of carbonyl (C=O) groups is 2. The molecular formula is C26H32N3O3S+. The van der Waals surface area contributed by atoms with Crippen LogP contribution in [0.5, 0.6) is 0 Å². The minimum absolute atomic E-state index is 0.0313. The molecule has 0 spiro atoms. The van der Waals surface area contributed by atoms with E-state index in [1.165, 1.54) is 16.2 Å². The fraction of sp³-hybridized carbons (Fsp3) is 0.500. The van der Waals surface area contributed by atoms with E-state index in [1.54, 1.807) is 12.1 Å². The van der Waals surface area contributed by atoms with Crippen LogP contribution in [-0.2, 0) is 4.79 Å². The molecule has 0 unspecified atom stereocenters. The molecule has 174 valence electrons. The first-order chi connectivity index (χ1) is 15.9. The third kappa shape index (κ3) is 5.13. The fourth-order valence-electron chi connectivity index (χ4n) is 5.11. The van der Waals surface area contributed by atoms with Crippen LogP contribution in [-0.4, -0.2) is 43.2 Å². The molecular weight excluding hydrogens is 434 g/mol. The van der Waals surface area contributed by atoms with Crippen LogP contribution in [0.15, 0.2) is 30.3 Å². The second kappa shape index (κ2) is 10.1. The Kier molecular flexibility index (Phi) is 7.16. The summed E-state index contributed by atoms with van der Waals surface area (Å²) < 4.78 is 0. The number of piperidine rings is 1. The normalized spacial score (nSPS) is 25.2. The molecule has 4 rings (SSSR count). The number of thiophene rings is 1. The van der Waals surface area contributed by atoms with Gasteiger partial charge in [-0.3, -0.25) is 4.79 Å². The maximum Gasteiger partial charge on any atom is 0.348 e. The van der Waals surface area contributed by atoms with Gasteiger partial charge in [0.2, 0.25) is 5.91 Å². The van der Waals surface area contributed by atoms with E-state index in [-0.39, 0.29) is 22.7 Å². The second-order valence-electron chi connectivity index (χ2n) is 9.64. The number of carbonyl (C=O) groups excluding carboxylic acids is 1. The summed E-state index contributed by atoms with van der Waals surface area (Å²) in [6.45, 7) is 11.4. The van der Waals surface area contributed by atoms with Crippen molar-refractivity contribution in [2.45, 2.75) is 51.5 Å². The maximum absolute atomic E-state index is 13.9. The molecule has 7 heteroatoms. The molecule has 0 atom stereocenters. The van der Waals surface area contributed by atoms with Gasteiger partial charge < -0.3 is 14.9 Å². The predicted molar refractivity (Wildman–Crippen MR) is 131 cm³/mol. The van der Waals surface area contributed by atoms with Crippen LogP contribution < -0.4 is 9.80 Å². The lowest BCUT2D eigenvalue weighted by molar-refractivity contribution is -0.884. The Morgan fingerprint density at radius 3 is 2.30 bits per heavy atom. The van der Waals surface area contributed by atoms with Gasteiger partial charge in [-0.2, -0.15) is 0 Å². The highest BCUT2D eigenvalue weighted by Crippen LogP contribution is 2.41. The number of carboxylic acid groups (broad SMARTS) is 1. The molecule has 2 heterocycles. The minimum Gasteiger partial charge on any atom is -0.477 e. The summed E-state index contributed by atoms with van der Waals surface area (Å²) in [5.74, 6) is -0.277. The molecule has 33 heavy (non-hydrogen) atoms. The number of aromatic carboxylic acids is 1. The zero-order chi connectivity index (χ0) is 23.5. The number of benzene rings is 1. The molecule has 2 fully saturated rings. The van der Waals surface area contributed by atoms with Crippen LogP contribution in [0.1, 0.15) is 55.1 Å². The van der Waals surface area contributed by atoms with E-state index in [2.05, 4.69) is 18.8 Å². The molecule has 1 aromatic heterocycles. The van der Waals surface area contributed by atoms with Gasteiger partial charge in [-0.05, 0) is 43.2 Å². The molecule has 1 aromatic carbocycles. The van der Waals surface area contributed by atoms with Gasteiger partial charge in [-0.25, -0.2) is 9.64 Å². The molecule has 1 saturated carbocycles. The lowest BCUT2D eigenvalue weighted by Gasteiger charge is -2.38. The summed E-state index contributed by atoms with van der Waals surface area (Å²) in [4.78, 5) is 34.0. The summed E-state index contributed by atoms with van der Waals surface area (Å²) >= 11 is 1.22. The van der Waals surface area contributed by atoms with Crippen molar-refractivity contribution in [3.8, 4) is 10.4 Å². The highest BCUT2D eigenvalue weighted by atomic mass is 32.1. The van der Waals surface area contributed by atoms with Crippen molar-refractivity contribution < 1.29 is 19.6 Å². The number of nitrogens with zero attached hydrogens (tertiary/aromatic N) is 2. The summed E-state index contributed by atoms with van der Waals surface area (Å²) in [6, 6.07) is 9.10. The van der Waals surface area contributed by atoms with Gasteiger partial charge in [0, 0.05) is 29.7 Å². The topological polar surface area (TPSA) is 66.4 Å². The Morgan fingerprint density at radius 1 is 1.09 bits per heavy atom. The molecule has 0 radical (unpaired) electrons. The number of nitrogens with one attached hydrogen (secondary N) is 1. The van der Waals surface area contributed by atoms with Gasteiger partial charge in [-0.15, -0.1) is 11.3 Å². The quantitative estimate of drug-likeness (QED) is 0.638. The SMILES string of the molecule is [C-]#[N+]c1ccc(-c2cc(N(C(=O)C3CCC(C)CC3)C3CC[NH+](C)CC3)c(C(=O)O)s2)cc1.